The van der Waals surface area contributed by atoms with Crippen LogP contribution in [0.1, 0.15) is 29.3 Å². The van der Waals surface area contributed by atoms with Crippen LogP contribution in [-0.2, 0) is 15.4 Å². The molecule has 0 saturated heterocycles. The van der Waals surface area contributed by atoms with E-state index in [-0.39, 0.29) is 17.1 Å². The van der Waals surface area contributed by atoms with Crippen molar-refractivity contribution in [3.8, 4) is 17.6 Å². The van der Waals surface area contributed by atoms with Crippen LogP contribution in [0.5, 0.6) is 11.5 Å². The summed E-state index contributed by atoms with van der Waals surface area (Å²) in [4.78, 5) is 2.95. The molecule has 2 aliphatic rings. The lowest BCUT2D eigenvalue weighted by molar-refractivity contribution is -0.132. The van der Waals surface area contributed by atoms with Crippen LogP contribution in [-0.4, -0.2) is 23.8 Å². The van der Waals surface area contributed by atoms with E-state index < -0.39 is 49.3 Å². The fourth-order valence-electron chi connectivity index (χ4n) is 3.38. The second kappa shape index (κ2) is 4.96. The molecule has 1 N–H and O–H groups in total. The SMILES string of the molecule is N#Cc1cncc(Oc2ccc3c4c2C(F)CC4(O)C(F)(F)S3(=O)=O)c1. The fourth-order valence-corrected chi connectivity index (χ4v) is 5.08. The summed E-state index contributed by atoms with van der Waals surface area (Å²) in [7, 11) is -5.15. The van der Waals surface area contributed by atoms with Crippen molar-refractivity contribution in [2.45, 2.75) is 28.3 Å². The van der Waals surface area contributed by atoms with Crippen LogP contribution < -0.4 is 4.74 Å². The standard InChI is InChI=1S/C16H9F3N2O4S/c17-10-4-15(22)14-12(26(23,24)16(15,18)19)2-1-11(13(10)14)25-9-3-8(5-20)6-21-7-9/h1-3,6-7,10,22H,4H2. The summed E-state index contributed by atoms with van der Waals surface area (Å²) in [6.45, 7) is 0. The number of nitriles is 1. The van der Waals surface area contributed by atoms with Crippen molar-refractivity contribution >= 4 is 9.84 Å². The Morgan fingerprint density at radius 1 is 1.35 bits per heavy atom. The Hall–Kier alpha value is -2.64. The molecule has 1 aromatic heterocycles. The Bertz CT molecular complexity index is 1100. The Kier molecular flexibility index (Phi) is 3.21. The van der Waals surface area contributed by atoms with Gasteiger partial charge in [0.2, 0.25) is 9.84 Å². The van der Waals surface area contributed by atoms with Gasteiger partial charge in [0.15, 0.2) is 5.60 Å². The zero-order valence-electron chi connectivity index (χ0n) is 12.8. The van der Waals surface area contributed by atoms with E-state index in [9.17, 15) is 26.7 Å². The molecule has 2 atom stereocenters. The average Bonchev–Trinajstić information content (AvgIpc) is 2.93. The highest BCUT2D eigenvalue weighted by Crippen LogP contribution is 2.64. The molecule has 134 valence electrons. The summed E-state index contributed by atoms with van der Waals surface area (Å²) in [5, 5.41) is 14.7. The molecule has 0 amide bonds. The number of nitrogens with zero attached hydrogens (tertiary/aromatic N) is 2. The molecule has 0 spiro atoms. The Balaban J connectivity index is 1.91. The first-order valence-corrected chi connectivity index (χ1v) is 8.81. The van der Waals surface area contributed by atoms with E-state index in [1.54, 1.807) is 0 Å². The second-order valence-electron chi connectivity index (χ2n) is 6.03. The van der Waals surface area contributed by atoms with Crippen molar-refractivity contribution in [2.24, 2.45) is 0 Å². The fraction of sp³-hybridized carbons (Fsp3) is 0.250. The number of halogens is 3. The Morgan fingerprint density at radius 2 is 2.08 bits per heavy atom. The van der Waals surface area contributed by atoms with Crippen molar-refractivity contribution in [1.82, 2.24) is 4.98 Å². The van der Waals surface area contributed by atoms with Gasteiger partial charge in [-0.1, -0.05) is 0 Å². The van der Waals surface area contributed by atoms with Gasteiger partial charge < -0.3 is 9.84 Å². The lowest BCUT2D eigenvalue weighted by atomic mass is 9.96. The first kappa shape index (κ1) is 16.8. The molecule has 4 rings (SSSR count). The van der Waals surface area contributed by atoms with Crippen molar-refractivity contribution in [3.63, 3.8) is 0 Å². The highest BCUT2D eigenvalue weighted by molar-refractivity contribution is 7.93. The molecule has 0 radical (unpaired) electrons. The van der Waals surface area contributed by atoms with Crippen LogP contribution in [0.2, 0.25) is 0 Å². The smallest absolute Gasteiger partial charge is 0.382 e. The first-order chi connectivity index (χ1) is 12.1. The third-order valence-corrected chi connectivity index (χ3v) is 6.48. The second-order valence-corrected chi connectivity index (χ2v) is 7.99. The van der Waals surface area contributed by atoms with Gasteiger partial charge in [-0.25, -0.2) is 12.8 Å². The molecule has 26 heavy (non-hydrogen) atoms. The lowest BCUT2D eigenvalue weighted by Gasteiger charge is -2.25. The highest BCUT2D eigenvalue weighted by atomic mass is 32.2. The molecule has 1 aliphatic heterocycles. The third-order valence-electron chi connectivity index (χ3n) is 4.55. The first-order valence-electron chi connectivity index (χ1n) is 7.33. The Morgan fingerprint density at radius 3 is 2.77 bits per heavy atom. The van der Waals surface area contributed by atoms with Crippen LogP contribution in [0.3, 0.4) is 0 Å². The van der Waals surface area contributed by atoms with Crippen molar-refractivity contribution < 1.29 is 31.4 Å². The van der Waals surface area contributed by atoms with E-state index in [4.69, 9.17) is 10.00 Å². The largest absolute Gasteiger partial charge is 0.455 e. The normalized spacial score (nSPS) is 27.0. The highest BCUT2D eigenvalue weighted by Gasteiger charge is 2.74. The monoisotopic (exact) mass is 382 g/mol. The molecule has 2 unspecified atom stereocenters. The maximum atomic E-state index is 14.5. The average molecular weight is 382 g/mol. The third kappa shape index (κ3) is 1.84. The van der Waals surface area contributed by atoms with E-state index >= 15 is 0 Å². The van der Waals surface area contributed by atoms with Gasteiger partial charge in [-0.05, 0) is 12.1 Å². The van der Waals surface area contributed by atoms with Crippen LogP contribution >= 0.6 is 0 Å². The van der Waals surface area contributed by atoms with Gasteiger partial charge in [-0.2, -0.15) is 14.0 Å². The molecule has 0 bridgehead atoms. The van der Waals surface area contributed by atoms with Gasteiger partial charge in [0.1, 0.15) is 23.7 Å². The zero-order chi connectivity index (χ0) is 18.9. The van der Waals surface area contributed by atoms with E-state index in [1.807, 2.05) is 6.07 Å². The summed E-state index contributed by atoms with van der Waals surface area (Å²) >= 11 is 0. The molecule has 10 heteroatoms. The number of hydrogen-bond acceptors (Lipinski definition) is 6. The predicted molar refractivity (Wildman–Crippen MR) is 80.0 cm³/mol. The topological polar surface area (TPSA) is 100 Å². The molecule has 1 aromatic carbocycles. The van der Waals surface area contributed by atoms with Gasteiger partial charge in [0.25, 0.3) is 0 Å². The maximum Gasteiger partial charge on any atom is 0.382 e. The van der Waals surface area contributed by atoms with E-state index in [0.29, 0.717) is 0 Å². The van der Waals surface area contributed by atoms with E-state index in [2.05, 4.69) is 4.98 Å². The molecule has 6 nitrogen and oxygen atoms in total. The van der Waals surface area contributed by atoms with Crippen molar-refractivity contribution in [2.75, 3.05) is 0 Å². The molecule has 0 saturated carbocycles. The number of aromatic nitrogens is 1. The number of rotatable bonds is 2. The summed E-state index contributed by atoms with van der Waals surface area (Å²) in [5.74, 6) is -0.188. The number of benzene rings is 1. The summed E-state index contributed by atoms with van der Waals surface area (Å²) < 4.78 is 72.7. The van der Waals surface area contributed by atoms with Gasteiger partial charge in [0.05, 0.1) is 16.7 Å². The molecule has 2 heterocycles. The van der Waals surface area contributed by atoms with Gasteiger partial charge in [-0.3, -0.25) is 4.98 Å². The summed E-state index contributed by atoms with van der Waals surface area (Å²) in [5.41, 5.74) is -4.10. The van der Waals surface area contributed by atoms with Crippen LogP contribution in [0, 0.1) is 11.3 Å². The molecular formula is C16H9F3N2O4S. The predicted octanol–water partition coefficient (Wildman–Crippen LogP) is 2.73. The molecule has 1 aliphatic carbocycles. The number of sulfone groups is 1. The number of hydrogen-bond donors (Lipinski definition) is 1. The molecular weight excluding hydrogens is 373 g/mol. The van der Waals surface area contributed by atoms with E-state index in [0.717, 1.165) is 12.1 Å². The Labute approximate surface area is 145 Å². The van der Waals surface area contributed by atoms with E-state index in [1.165, 1.54) is 18.5 Å². The lowest BCUT2D eigenvalue weighted by Crippen LogP contribution is -2.43. The number of ether oxygens (including phenoxy) is 1. The molecule has 0 fully saturated rings. The number of aliphatic hydroxyl groups is 1. The zero-order valence-corrected chi connectivity index (χ0v) is 13.6. The van der Waals surface area contributed by atoms with Gasteiger partial charge >= 0.3 is 5.25 Å². The van der Waals surface area contributed by atoms with Gasteiger partial charge in [-0.15, -0.1) is 0 Å². The van der Waals surface area contributed by atoms with Crippen LogP contribution in [0.15, 0.2) is 35.5 Å². The van der Waals surface area contributed by atoms with Crippen molar-refractivity contribution in [1.29, 1.82) is 5.26 Å². The summed E-state index contributed by atoms with van der Waals surface area (Å²) in [6, 6.07) is 5.03. The minimum Gasteiger partial charge on any atom is -0.455 e. The van der Waals surface area contributed by atoms with Crippen LogP contribution in [0.25, 0.3) is 0 Å². The molecule has 2 aromatic rings. The van der Waals surface area contributed by atoms with Crippen LogP contribution in [0.4, 0.5) is 13.2 Å². The summed E-state index contributed by atoms with van der Waals surface area (Å²) in [6.07, 6.45) is -0.657. The minimum absolute atomic E-state index is 0.0375. The van der Waals surface area contributed by atoms with Crippen molar-refractivity contribution in [3.05, 3.63) is 47.3 Å². The quantitative estimate of drug-likeness (QED) is 0.857. The van der Waals surface area contributed by atoms with Gasteiger partial charge in [0, 0.05) is 29.8 Å². The maximum absolute atomic E-state index is 14.5. The number of pyridine rings is 1. The minimum atomic E-state index is -5.15. The number of alkyl halides is 3.